The van der Waals surface area contributed by atoms with Crippen LogP contribution < -0.4 is 9.47 Å². The zero-order valence-electron chi connectivity index (χ0n) is 35.5. The maximum Gasteiger partial charge on any atom is 0.185 e. The van der Waals surface area contributed by atoms with Gasteiger partial charge in [0.2, 0.25) is 0 Å². The van der Waals surface area contributed by atoms with E-state index in [0.29, 0.717) is 18.8 Å². The molecule has 54 heavy (non-hydrogen) atoms. The van der Waals surface area contributed by atoms with E-state index in [-0.39, 0.29) is 5.78 Å². The van der Waals surface area contributed by atoms with Gasteiger partial charge in [-0.3, -0.25) is 4.79 Å². The van der Waals surface area contributed by atoms with Gasteiger partial charge in [-0.25, -0.2) is 0 Å². The fourth-order valence-corrected chi connectivity index (χ4v) is 7.80. The average Bonchev–Trinajstić information content (AvgIpc) is 3.19. The molecule has 0 fully saturated rings. The monoisotopic (exact) mass is 763 g/mol. The fourth-order valence-electron chi connectivity index (χ4n) is 7.03. The highest BCUT2D eigenvalue weighted by Crippen LogP contribution is 2.26. The number of ketones is 1. The molecule has 0 amide bonds. The Labute approximate surface area is 338 Å². The standard InChI is InChI=1S/C50H82O3S/c1-4-7-9-11-13-15-17-19-21-23-25-27-29-31-39-52-47-42-45(33-38-50(51)46-34-36-49(37-35-46)54-41-6-3)43-48(44-47)53-40-32-30-28-26-24-22-20-18-16-14-12-10-8-5-2/h33-38,42-44H,4-32,39-41H2,1-3H3/b38-33+. The van der Waals surface area contributed by atoms with E-state index >= 15 is 0 Å². The fraction of sp³-hybridized carbons (Fsp3) is 0.700. The van der Waals surface area contributed by atoms with Crippen LogP contribution in [0.1, 0.15) is 223 Å². The summed E-state index contributed by atoms with van der Waals surface area (Å²) in [5, 5.41) is 0. The second kappa shape index (κ2) is 35.2. The van der Waals surface area contributed by atoms with Crippen molar-refractivity contribution in [1.82, 2.24) is 0 Å². The van der Waals surface area contributed by atoms with Crippen molar-refractivity contribution in [1.29, 1.82) is 0 Å². The molecule has 0 atom stereocenters. The highest BCUT2D eigenvalue weighted by atomic mass is 32.2. The number of benzene rings is 2. The lowest BCUT2D eigenvalue weighted by Gasteiger charge is -2.12. The summed E-state index contributed by atoms with van der Waals surface area (Å²) in [4.78, 5) is 14.2. The van der Waals surface area contributed by atoms with Crippen LogP contribution in [-0.2, 0) is 0 Å². The van der Waals surface area contributed by atoms with Crippen molar-refractivity contribution < 1.29 is 14.3 Å². The molecule has 2 aromatic carbocycles. The molecule has 4 heteroatoms. The van der Waals surface area contributed by atoms with Crippen LogP contribution in [0.5, 0.6) is 11.5 Å². The summed E-state index contributed by atoms with van der Waals surface area (Å²) in [5.74, 6) is 2.76. The Morgan fingerprint density at radius 2 is 0.852 bits per heavy atom. The van der Waals surface area contributed by atoms with E-state index < -0.39 is 0 Å². The van der Waals surface area contributed by atoms with Crippen LogP contribution in [0.3, 0.4) is 0 Å². The van der Waals surface area contributed by atoms with Gasteiger partial charge in [0.05, 0.1) is 13.2 Å². The van der Waals surface area contributed by atoms with E-state index in [1.165, 1.54) is 172 Å². The molecule has 0 saturated heterocycles. The SMILES string of the molecule is CCCCCCCCCCCCCCCCOc1cc(/C=C/C(=O)c2ccc(SCCC)cc2)cc(OCCCCCCCCCCCCCCCC)c1. The second-order valence-electron chi connectivity index (χ2n) is 15.7. The highest BCUT2D eigenvalue weighted by Gasteiger charge is 2.06. The maximum atomic E-state index is 13.0. The second-order valence-corrected chi connectivity index (χ2v) is 16.9. The summed E-state index contributed by atoms with van der Waals surface area (Å²) in [6.07, 6.45) is 42.6. The van der Waals surface area contributed by atoms with Crippen molar-refractivity contribution in [3.63, 3.8) is 0 Å². The summed E-state index contributed by atoms with van der Waals surface area (Å²) in [6.45, 7) is 8.19. The third-order valence-corrected chi connectivity index (χ3v) is 11.7. The van der Waals surface area contributed by atoms with Crippen molar-refractivity contribution in [2.45, 2.75) is 212 Å². The van der Waals surface area contributed by atoms with E-state index in [9.17, 15) is 4.79 Å². The van der Waals surface area contributed by atoms with Gasteiger partial charge >= 0.3 is 0 Å². The molecule has 0 saturated carbocycles. The van der Waals surface area contributed by atoms with Crippen molar-refractivity contribution in [2.75, 3.05) is 19.0 Å². The molecule has 3 nitrogen and oxygen atoms in total. The van der Waals surface area contributed by atoms with Gasteiger partial charge in [-0.2, -0.15) is 0 Å². The predicted molar refractivity (Wildman–Crippen MR) is 239 cm³/mol. The van der Waals surface area contributed by atoms with Gasteiger partial charge in [0.1, 0.15) is 11.5 Å². The quantitative estimate of drug-likeness (QED) is 0.0295. The first-order valence-corrected chi connectivity index (χ1v) is 24.0. The predicted octanol–water partition coefficient (Wildman–Crippen LogP) is 16.8. The first-order chi connectivity index (χ1) is 26.7. The molecule has 0 spiro atoms. The average molecular weight is 763 g/mol. The molecular weight excluding hydrogens is 681 g/mol. The molecule has 0 radical (unpaired) electrons. The minimum Gasteiger partial charge on any atom is -0.493 e. The highest BCUT2D eigenvalue weighted by molar-refractivity contribution is 7.99. The van der Waals surface area contributed by atoms with E-state index in [0.717, 1.165) is 42.1 Å². The Morgan fingerprint density at radius 3 is 1.22 bits per heavy atom. The van der Waals surface area contributed by atoms with E-state index in [1.807, 2.05) is 48.2 Å². The number of hydrogen-bond donors (Lipinski definition) is 0. The van der Waals surface area contributed by atoms with Gasteiger partial charge in [0.15, 0.2) is 5.78 Å². The lowest BCUT2D eigenvalue weighted by atomic mass is 10.0. The molecule has 2 rings (SSSR count). The Morgan fingerprint density at radius 1 is 0.481 bits per heavy atom. The number of carbonyl (C=O) groups is 1. The van der Waals surface area contributed by atoms with Gasteiger partial charge in [-0.05, 0) is 73.1 Å². The Hall–Kier alpha value is -2.20. The van der Waals surface area contributed by atoms with Crippen LogP contribution in [-0.4, -0.2) is 24.7 Å². The van der Waals surface area contributed by atoms with Gasteiger partial charge in [0, 0.05) is 16.5 Å². The van der Waals surface area contributed by atoms with Gasteiger partial charge in [-0.1, -0.05) is 194 Å². The van der Waals surface area contributed by atoms with Gasteiger partial charge < -0.3 is 9.47 Å². The number of hydrogen-bond acceptors (Lipinski definition) is 4. The number of thioether (sulfide) groups is 1. The third-order valence-electron chi connectivity index (χ3n) is 10.5. The van der Waals surface area contributed by atoms with Crippen molar-refractivity contribution in [2.24, 2.45) is 0 Å². The molecule has 0 aliphatic rings. The van der Waals surface area contributed by atoms with Crippen LogP contribution in [0, 0.1) is 0 Å². The van der Waals surface area contributed by atoms with Crippen LogP contribution in [0.25, 0.3) is 6.08 Å². The van der Waals surface area contributed by atoms with Crippen LogP contribution in [0.15, 0.2) is 53.4 Å². The molecule has 0 heterocycles. The number of unbranched alkanes of at least 4 members (excludes halogenated alkanes) is 26. The summed E-state index contributed by atoms with van der Waals surface area (Å²) < 4.78 is 12.5. The molecule has 0 N–H and O–H groups in total. The third kappa shape index (κ3) is 26.6. The Balaban J connectivity index is 1.73. The minimum atomic E-state index is 0.0145. The Bertz CT molecular complexity index is 1120. The van der Waals surface area contributed by atoms with Crippen molar-refractivity contribution in [3.8, 4) is 11.5 Å². The number of ether oxygens (including phenoxy) is 2. The molecule has 0 aliphatic carbocycles. The number of carbonyl (C=O) groups excluding carboxylic acids is 1. The summed E-state index contributed by atoms with van der Waals surface area (Å²) in [6, 6.07) is 14.1. The molecule has 0 unspecified atom stereocenters. The van der Waals surface area contributed by atoms with Crippen LogP contribution in [0.4, 0.5) is 0 Å². The molecule has 306 valence electrons. The van der Waals surface area contributed by atoms with Gasteiger partial charge in [0.25, 0.3) is 0 Å². The van der Waals surface area contributed by atoms with E-state index in [2.05, 4.69) is 32.9 Å². The molecule has 0 aromatic heterocycles. The minimum absolute atomic E-state index is 0.0145. The molecule has 0 aliphatic heterocycles. The smallest absolute Gasteiger partial charge is 0.185 e. The molecule has 0 bridgehead atoms. The maximum absolute atomic E-state index is 13.0. The Kier molecular flexibility index (Phi) is 31.3. The first-order valence-electron chi connectivity index (χ1n) is 23.0. The number of rotatable bonds is 38. The van der Waals surface area contributed by atoms with Crippen LogP contribution >= 0.6 is 11.8 Å². The largest absolute Gasteiger partial charge is 0.493 e. The first kappa shape index (κ1) is 48.0. The molecular formula is C50H82O3S. The van der Waals surface area contributed by atoms with Crippen molar-refractivity contribution in [3.05, 3.63) is 59.7 Å². The zero-order chi connectivity index (χ0) is 38.6. The lowest BCUT2D eigenvalue weighted by molar-refractivity contribution is 0.104. The number of allylic oxidation sites excluding steroid dienone is 1. The normalized spacial score (nSPS) is 11.5. The summed E-state index contributed by atoms with van der Waals surface area (Å²) >= 11 is 1.83. The topological polar surface area (TPSA) is 35.5 Å². The molecule has 2 aromatic rings. The van der Waals surface area contributed by atoms with Gasteiger partial charge in [-0.15, -0.1) is 11.8 Å². The zero-order valence-corrected chi connectivity index (χ0v) is 36.3. The summed E-state index contributed by atoms with van der Waals surface area (Å²) in [7, 11) is 0. The summed E-state index contributed by atoms with van der Waals surface area (Å²) in [5.41, 5.74) is 1.65. The lowest BCUT2D eigenvalue weighted by Crippen LogP contribution is -2.01. The van der Waals surface area contributed by atoms with Crippen molar-refractivity contribution >= 4 is 23.6 Å². The van der Waals surface area contributed by atoms with Crippen LogP contribution in [0.2, 0.25) is 0 Å². The van der Waals surface area contributed by atoms with E-state index in [1.54, 1.807) is 6.08 Å². The van der Waals surface area contributed by atoms with E-state index in [4.69, 9.17) is 9.47 Å².